The van der Waals surface area contributed by atoms with E-state index in [4.69, 9.17) is 0 Å². The molecule has 2 N–H and O–H groups in total. The Hall–Kier alpha value is -1.59. The van der Waals surface area contributed by atoms with Crippen molar-refractivity contribution < 1.29 is 4.79 Å². The van der Waals surface area contributed by atoms with E-state index in [0.717, 1.165) is 48.8 Å². The highest BCUT2D eigenvalue weighted by Gasteiger charge is 2.51. The quantitative estimate of drug-likeness (QED) is 0.896. The number of hydrogen-bond acceptors (Lipinski definition) is 3. The molecule has 1 aliphatic heterocycles. The van der Waals surface area contributed by atoms with Gasteiger partial charge in [-0.15, -0.1) is 10.2 Å². The second-order valence-electron chi connectivity index (χ2n) is 8.29. The lowest BCUT2D eigenvalue weighted by atomic mass is 9.53. The van der Waals surface area contributed by atoms with Crippen LogP contribution in [0.2, 0.25) is 0 Å². The highest BCUT2D eigenvalue weighted by molar-refractivity contribution is 5.74. The molecule has 4 fully saturated rings. The number of rotatable bonds is 3. The molecule has 2 heterocycles. The number of nitrogens with one attached hydrogen (secondary N) is 2. The van der Waals surface area contributed by atoms with Crippen LogP contribution in [0.25, 0.3) is 0 Å². The Morgan fingerprint density at radius 1 is 1.13 bits per heavy atom. The van der Waals surface area contributed by atoms with Gasteiger partial charge in [-0.3, -0.25) is 0 Å². The van der Waals surface area contributed by atoms with Crippen molar-refractivity contribution in [3.63, 3.8) is 0 Å². The predicted octanol–water partition coefficient (Wildman–Crippen LogP) is 1.99. The molecule has 0 spiro atoms. The summed E-state index contributed by atoms with van der Waals surface area (Å²) in [6, 6.07) is -0.0257. The van der Waals surface area contributed by atoms with Crippen LogP contribution in [0.5, 0.6) is 0 Å². The molecule has 4 aliphatic carbocycles. The second-order valence-corrected chi connectivity index (χ2v) is 8.29. The lowest BCUT2D eigenvalue weighted by molar-refractivity contribution is -0.0135. The van der Waals surface area contributed by atoms with Gasteiger partial charge in [0, 0.05) is 18.5 Å². The van der Waals surface area contributed by atoms with Crippen molar-refractivity contribution in [3.05, 3.63) is 11.6 Å². The number of amides is 2. The molecule has 5 aliphatic rings. The van der Waals surface area contributed by atoms with Crippen molar-refractivity contribution in [1.82, 2.24) is 25.4 Å². The van der Waals surface area contributed by atoms with Crippen LogP contribution in [0.3, 0.4) is 0 Å². The molecular formula is C17H25N5O. The first-order valence-corrected chi connectivity index (χ1v) is 9.16. The lowest BCUT2D eigenvalue weighted by Crippen LogP contribution is -2.61. The number of carbonyl (C=O) groups is 1. The average Bonchev–Trinajstić information content (AvgIpc) is 3.06. The van der Waals surface area contributed by atoms with Crippen molar-refractivity contribution in [1.29, 1.82) is 0 Å². The molecule has 124 valence electrons. The van der Waals surface area contributed by atoms with Crippen LogP contribution in [-0.2, 0) is 19.5 Å². The zero-order chi connectivity index (χ0) is 15.4. The van der Waals surface area contributed by atoms with Gasteiger partial charge in [0.1, 0.15) is 5.82 Å². The maximum absolute atomic E-state index is 12.4. The summed E-state index contributed by atoms with van der Waals surface area (Å²) in [5.41, 5.74) is 0.0750. The van der Waals surface area contributed by atoms with Gasteiger partial charge in [0.25, 0.3) is 0 Å². The van der Waals surface area contributed by atoms with E-state index in [1.54, 1.807) is 0 Å². The van der Waals surface area contributed by atoms with Crippen LogP contribution in [0.15, 0.2) is 0 Å². The summed E-state index contributed by atoms with van der Waals surface area (Å²) < 4.78 is 2.14. The van der Waals surface area contributed by atoms with Crippen LogP contribution in [0.1, 0.15) is 56.6 Å². The van der Waals surface area contributed by atoms with E-state index in [1.165, 1.54) is 38.5 Å². The van der Waals surface area contributed by atoms with Crippen molar-refractivity contribution in [2.24, 2.45) is 17.8 Å². The molecule has 0 aromatic carbocycles. The highest BCUT2D eigenvalue weighted by Crippen LogP contribution is 2.55. The molecule has 0 atom stereocenters. The molecule has 0 unspecified atom stereocenters. The first-order chi connectivity index (χ1) is 11.2. The van der Waals surface area contributed by atoms with Gasteiger partial charge < -0.3 is 15.2 Å². The Labute approximate surface area is 136 Å². The first-order valence-electron chi connectivity index (χ1n) is 9.16. The minimum Gasteiger partial charge on any atom is -0.333 e. The minimum absolute atomic E-state index is 0.0257. The molecule has 0 radical (unpaired) electrons. The van der Waals surface area contributed by atoms with E-state index in [1.807, 2.05) is 0 Å². The van der Waals surface area contributed by atoms with Crippen LogP contribution in [0, 0.1) is 17.8 Å². The third-order valence-corrected chi connectivity index (χ3v) is 6.51. The van der Waals surface area contributed by atoms with E-state index in [0.29, 0.717) is 6.54 Å². The van der Waals surface area contributed by atoms with Gasteiger partial charge in [-0.2, -0.15) is 0 Å². The van der Waals surface area contributed by atoms with E-state index < -0.39 is 0 Å². The summed E-state index contributed by atoms with van der Waals surface area (Å²) in [6.45, 7) is 1.46. The smallest absolute Gasteiger partial charge is 0.315 e. The van der Waals surface area contributed by atoms with Crippen LogP contribution < -0.4 is 10.6 Å². The van der Waals surface area contributed by atoms with E-state index in [-0.39, 0.29) is 11.6 Å². The Kier molecular flexibility index (Phi) is 2.97. The van der Waals surface area contributed by atoms with E-state index in [2.05, 4.69) is 25.4 Å². The van der Waals surface area contributed by atoms with Crippen molar-refractivity contribution >= 4 is 6.03 Å². The Morgan fingerprint density at radius 2 is 1.83 bits per heavy atom. The standard InChI is InChI=1S/C17H25N5O/c23-16(18-10-15-21-20-14-2-1-3-22(14)15)19-17-7-11-4-12(8-17)6-13(5-11)9-17/h11-13H,1-10H2,(H2,18,19,23). The fourth-order valence-corrected chi connectivity index (χ4v) is 6.05. The lowest BCUT2D eigenvalue weighted by Gasteiger charge is -2.56. The topological polar surface area (TPSA) is 71.8 Å². The van der Waals surface area contributed by atoms with E-state index >= 15 is 0 Å². The summed E-state index contributed by atoms with van der Waals surface area (Å²) in [4.78, 5) is 12.4. The van der Waals surface area contributed by atoms with Gasteiger partial charge in [-0.25, -0.2) is 4.79 Å². The Balaban J connectivity index is 1.22. The number of fused-ring (bicyclic) bond motifs is 1. The highest BCUT2D eigenvalue weighted by atomic mass is 16.2. The van der Waals surface area contributed by atoms with Gasteiger partial charge in [-0.1, -0.05) is 0 Å². The molecule has 0 saturated heterocycles. The number of hydrogen-bond donors (Lipinski definition) is 2. The molecule has 1 aromatic heterocycles. The monoisotopic (exact) mass is 315 g/mol. The summed E-state index contributed by atoms with van der Waals surface area (Å²) in [6.07, 6.45) is 9.90. The zero-order valence-corrected chi connectivity index (χ0v) is 13.6. The summed E-state index contributed by atoms with van der Waals surface area (Å²) >= 11 is 0. The molecule has 1 aromatic rings. The molecule has 6 nitrogen and oxygen atoms in total. The fraction of sp³-hybridized carbons (Fsp3) is 0.824. The number of aryl methyl sites for hydroxylation is 1. The molecule has 4 saturated carbocycles. The second kappa shape index (κ2) is 4.95. The first kappa shape index (κ1) is 13.8. The molecular weight excluding hydrogens is 290 g/mol. The largest absolute Gasteiger partial charge is 0.333 e. The van der Waals surface area contributed by atoms with Gasteiger partial charge in [0.2, 0.25) is 0 Å². The fourth-order valence-electron chi connectivity index (χ4n) is 6.05. The maximum Gasteiger partial charge on any atom is 0.315 e. The van der Waals surface area contributed by atoms with Crippen molar-refractivity contribution in [2.45, 2.75) is 70.0 Å². The molecule has 4 bridgehead atoms. The van der Waals surface area contributed by atoms with Crippen LogP contribution in [-0.4, -0.2) is 26.3 Å². The number of urea groups is 1. The third-order valence-electron chi connectivity index (χ3n) is 6.51. The predicted molar refractivity (Wildman–Crippen MR) is 84.6 cm³/mol. The average molecular weight is 315 g/mol. The molecule has 2 amide bonds. The van der Waals surface area contributed by atoms with Crippen molar-refractivity contribution in [3.8, 4) is 0 Å². The number of carbonyl (C=O) groups excluding carboxylic acids is 1. The van der Waals surface area contributed by atoms with Gasteiger partial charge >= 0.3 is 6.03 Å². The van der Waals surface area contributed by atoms with Crippen LogP contribution >= 0.6 is 0 Å². The third kappa shape index (κ3) is 2.34. The number of nitrogens with zero attached hydrogens (tertiary/aromatic N) is 3. The molecule has 6 rings (SSSR count). The van der Waals surface area contributed by atoms with E-state index in [9.17, 15) is 4.79 Å². The Bertz CT molecular complexity index is 602. The minimum atomic E-state index is -0.0257. The Morgan fingerprint density at radius 3 is 2.52 bits per heavy atom. The molecule has 6 heteroatoms. The normalized spacial score (nSPS) is 37.0. The molecule has 23 heavy (non-hydrogen) atoms. The SMILES string of the molecule is O=C(NCc1nnc2n1CCC2)NC12CC3CC(CC(C3)C1)C2. The van der Waals surface area contributed by atoms with Gasteiger partial charge in [0.05, 0.1) is 6.54 Å². The van der Waals surface area contributed by atoms with Gasteiger partial charge in [-0.05, 0) is 62.7 Å². The van der Waals surface area contributed by atoms with Crippen molar-refractivity contribution in [2.75, 3.05) is 0 Å². The van der Waals surface area contributed by atoms with Gasteiger partial charge in [0.15, 0.2) is 5.82 Å². The summed E-state index contributed by atoms with van der Waals surface area (Å²) in [5.74, 6) is 4.49. The van der Waals surface area contributed by atoms with Crippen LogP contribution in [0.4, 0.5) is 4.79 Å². The maximum atomic E-state index is 12.4. The summed E-state index contributed by atoms with van der Waals surface area (Å²) in [5, 5.41) is 14.8. The number of aromatic nitrogens is 3. The summed E-state index contributed by atoms with van der Waals surface area (Å²) in [7, 11) is 0. The zero-order valence-electron chi connectivity index (χ0n) is 13.6.